The average molecular weight is 263 g/mol. The Morgan fingerprint density at radius 1 is 1.37 bits per heavy atom. The van der Waals surface area contributed by atoms with Gasteiger partial charge in [-0.25, -0.2) is 4.39 Å². The van der Waals surface area contributed by atoms with E-state index in [9.17, 15) is 4.39 Å². The number of hydrogen-bond donors (Lipinski definition) is 1. The molecule has 0 fully saturated rings. The quantitative estimate of drug-likeness (QED) is 0.870. The normalized spacial score (nSPS) is 12.6. The number of benzene rings is 1. The minimum atomic E-state index is -0.341. The van der Waals surface area contributed by atoms with Crippen LogP contribution in [0.2, 0.25) is 0 Å². The van der Waals surface area contributed by atoms with Gasteiger partial charge >= 0.3 is 0 Å². The first-order valence-corrected chi connectivity index (χ1v) is 6.51. The lowest BCUT2D eigenvalue weighted by Crippen LogP contribution is -2.28. The van der Waals surface area contributed by atoms with Gasteiger partial charge in [0.05, 0.1) is 5.56 Å². The molecule has 0 aliphatic carbocycles. The number of nitrogens with zero attached hydrogens (tertiary/aromatic N) is 2. The minimum Gasteiger partial charge on any atom is -0.339 e. The molecule has 0 saturated heterocycles. The van der Waals surface area contributed by atoms with Gasteiger partial charge in [0.25, 0.3) is 0 Å². The third kappa shape index (κ3) is 3.61. The fraction of sp³-hybridized carbons (Fsp3) is 0.429. The maximum Gasteiger partial charge on any atom is 0.228 e. The zero-order valence-electron chi connectivity index (χ0n) is 11.2. The summed E-state index contributed by atoms with van der Waals surface area (Å²) >= 11 is 0. The van der Waals surface area contributed by atoms with E-state index in [0.717, 1.165) is 13.0 Å². The van der Waals surface area contributed by atoms with E-state index in [1.807, 2.05) is 0 Å². The van der Waals surface area contributed by atoms with Crippen LogP contribution in [0.25, 0.3) is 11.4 Å². The van der Waals surface area contributed by atoms with Crippen molar-refractivity contribution in [2.45, 2.75) is 32.7 Å². The Kier molecular flexibility index (Phi) is 4.63. The van der Waals surface area contributed by atoms with E-state index in [4.69, 9.17) is 4.52 Å². The van der Waals surface area contributed by atoms with Gasteiger partial charge in [0, 0.05) is 12.5 Å². The smallest absolute Gasteiger partial charge is 0.228 e. The summed E-state index contributed by atoms with van der Waals surface area (Å²) in [6, 6.07) is 6.67. The molecule has 2 rings (SSSR count). The van der Waals surface area contributed by atoms with E-state index in [1.54, 1.807) is 18.2 Å². The van der Waals surface area contributed by atoms with Crippen molar-refractivity contribution in [2.24, 2.45) is 0 Å². The summed E-state index contributed by atoms with van der Waals surface area (Å²) in [7, 11) is 0. The third-order valence-electron chi connectivity index (χ3n) is 2.81. The van der Waals surface area contributed by atoms with Gasteiger partial charge in [-0.15, -0.1) is 0 Å². The van der Waals surface area contributed by atoms with Crippen molar-refractivity contribution >= 4 is 0 Å². The van der Waals surface area contributed by atoms with Crippen LogP contribution in [-0.4, -0.2) is 22.7 Å². The van der Waals surface area contributed by atoms with Crippen LogP contribution in [0.5, 0.6) is 0 Å². The molecule has 1 aromatic carbocycles. The van der Waals surface area contributed by atoms with Crippen LogP contribution in [-0.2, 0) is 6.42 Å². The monoisotopic (exact) mass is 263 g/mol. The number of aromatic nitrogens is 2. The second-order valence-corrected chi connectivity index (χ2v) is 4.55. The lowest BCUT2D eigenvalue weighted by Gasteiger charge is -2.09. The Morgan fingerprint density at radius 2 is 2.16 bits per heavy atom. The first kappa shape index (κ1) is 13.7. The summed E-state index contributed by atoms with van der Waals surface area (Å²) in [5.74, 6) is 0.483. The molecule has 1 aromatic heterocycles. The zero-order chi connectivity index (χ0) is 13.7. The molecule has 1 unspecified atom stereocenters. The summed E-state index contributed by atoms with van der Waals surface area (Å²) in [5, 5.41) is 7.17. The molecule has 2 aromatic rings. The molecule has 0 spiro atoms. The van der Waals surface area contributed by atoms with Crippen molar-refractivity contribution in [3.63, 3.8) is 0 Å². The summed E-state index contributed by atoms with van der Waals surface area (Å²) in [4.78, 5) is 4.23. The molecule has 1 N–H and O–H groups in total. The van der Waals surface area contributed by atoms with Gasteiger partial charge < -0.3 is 9.84 Å². The second kappa shape index (κ2) is 6.43. The van der Waals surface area contributed by atoms with Crippen molar-refractivity contribution in [3.8, 4) is 11.4 Å². The molecule has 1 atom stereocenters. The van der Waals surface area contributed by atoms with Gasteiger partial charge in [-0.1, -0.05) is 24.2 Å². The number of nitrogens with one attached hydrogen (secondary N) is 1. The predicted octanol–water partition coefficient (Wildman–Crippen LogP) is 2.81. The molecule has 0 aliphatic heterocycles. The standard InChI is InChI=1S/C14H18FN3O/c1-3-8-16-10(2)9-13-17-14(18-19-13)11-6-4-5-7-12(11)15/h4-7,10,16H,3,8-9H2,1-2H3. The molecule has 0 bridgehead atoms. The Labute approximate surface area is 112 Å². The van der Waals surface area contributed by atoms with E-state index in [2.05, 4.69) is 29.3 Å². The Bertz CT molecular complexity index is 527. The van der Waals surface area contributed by atoms with E-state index in [0.29, 0.717) is 23.7 Å². The first-order valence-electron chi connectivity index (χ1n) is 6.51. The Morgan fingerprint density at radius 3 is 2.89 bits per heavy atom. The van der Waals surface area contributed by atoms with E-state index in [1.165, 1.54) is 6.07 Å². The highest BCUT2D eigenvalue weighted by atomic mass is 19.1. The van der Waals surface area contributed by atoms with Crippen LogP contribution < -0.4 is 5.32 Å². The molecule has 1 heterocycles. The molecule has 0 saturated carbocycles. The maximum absolute atomic E-state index is 13.6. The topological polar surface area (TPSA) is 51.0 Å². The van der Waals surface area contributed by atoms with Crippen molar-refractivity contribution in [2.75, 3.05) is 6.54 Å². The molecule has 0 amide bonds. The van der Waals surface area contributed by atoms with Crippen molar-refractivity contribution in [1.29, 1.82) is 0 Å². The Balaban J connectivity index is 2.05. The van der Waals surface area contributed by atoms with Gasteiger partial charge in [0.2, 0.25) is 11.7 Å². The Hall–Kier alpha value is -1.75. The van der Waals surface area contributed by atoms with E-state index in [-0.39, 0.29) is 11.9 Å². The fourth-order valence-corrected chi connectivity index (χ4v) is 1.81. The van der Waals surface area contributed by atoms with Gasteiger partial charge in [-0.05, 0) is 32.0 Å². The number of halogens is 1. The minimum absolute atomic E-state index is 0.258. The second-order valence-electron chi connectivity index (χ2n) is 4.55. The van der Waals surface area contributed by atoms with E-state index < -0.39 is 0 Å². The van der Waals surface area contributed by atoms with Gasteiger partial charge in [-0.3, -0.25) is 0 Å². The number of hydrogen-bond acceptors (Lipinski definition) is 4. The molecular formula is C14H18FN3O. The SMILES string of the molecule is CCCNC(C)Cc1nc(-c2ccccc2F)no1. The highest BCUT2D eigenvalue weighted by Crippen LogP contribution is 2.19. The largest absolute Gasteiger partial charge is 0.339 e. The van der Waals surface area contributed by atoms with Crippen LogP contribution in [0.3, 0.4) is 0 Å². The van der Waals surface area contributed by atoms with Crippen LogP contribution in [0.1, 0.15) is 26.2 Å². The average Bonchev–Trinajstić information content (AvgIpc) is 2.85. The van der Waals surface area contributed by atoms with Crippen LogP contribution >= 0.6 is 0 Å². The van der Waals surface area contributed by atoms with Crippen LogP contribution in [0.15, 0.2) is 28.8 Å². The first-order chi connectivity index (χ1) is 9.20. The summed E-state index contributed by atoms with van der Waals surface area (Å²) in [5.41, 5.74) is 0.367. The van der Waals surface area contributed by atoms with Crippen molar-refractivity contribution in [1.82, 2.24) is 15.5 Å². The van der Waals surface area contributed by atoms with Gasteiger partial charge in [-0.2, -0.15) is 4.98 Å². The molecular weight excluding hydrogens is 245 g/mol. The molecule has 19 heavy (non-hydrogen) atoms. The lowest BCUT2D eigenvalue weighted by molar-refractivity contribution is 0.361. The molecule has 102 valence electrons. The number of rotatable bonds is 6. The third-order valence-corrected chi connectivity index (χ3v) is 2.81. The van der Waals surface area contributed by atoms with Gasteiger partial charge in [0.15, 0.2) is 0 Å². The van der Waals surface area contributed by atoms with Crippen molar-refractivity contribution < 1.29 is 8.91 Å². The maximum atomic E-state index is 13.6. The highest BCUT2D eigenvalue weighted by Gasteiger charge is 2.14. The lowest BCUT2D eigenvalue weighted by atomic mass is 10.2. The van der Waals surface area contributed by atoms with Crippen molar-refractivity contribution in [3.05, 3.63) is 36.0 Å². The summed E-state index contributed by atoms with van der Waals surface area (Å²) in [6.07, 6.45) is 1.72. The highest BCUT2D eigenvalue weighted by molar-refractivity contribution is 5.54. The molecule has 4 nitrogen and oxygen atoms in total. The summed E-state index contributed by atoms with van der Waals surface area (Å²) in [6.45, 7) is 5.13. The predicted molar refractivity (Wildman–Crippen MR) is 71.2 cm³/mol. The summed E-state index contributed by atoms with van der Waals surface area (Å²) < 4.78 is 18.7. The van der Waals surface area contributed by atoms with E-state index >= 15 is 0 Å². The molecule has 0 radical (unpaired) electrons. The molecule has 5 heteroatoms. The van der Waals surface area contributed by atoms with Gasteiger partial charge in [0.1, 0.15) is 5.82 Å². The van der Waals surface area contributed by atoms with Crippen LogP contribution in [0, 0.1) is 5.82 Å². The molecule has 0 aliphatic rings. The van der Waals surface area contributed by atoms with Crippen LogP contribution in [0.4, 0.5) is 4.39 Å². The zero-order valence-corrected chi connectivity index (χ0v) is 11.2. The fourth-order valence-electron chi connectivity index (χ4n) is 1.81.